The Balaban J connectivity index is 0.00000116. The third-order valence-electron chi connectivity index (χ3n) is 5.66. The number of aryl methyl sites for hydroxylation is 2. The quantitative estimate of drug-likeness (QED) is 0.0895. The monoisotopic (exact) mass is 556 g/mol. The fourth-order valence-corrected chi connectivity index (χ4v) is 3.75. The summed E-state index contributed by atoms with van der Waals surface area (Å²) in [5.41, 5.74) is 2.62. The van der Waals surface area contributed by atoms with Gasteiger partial charge in [-0.1, -0.05) is 65.2 Å². The molecule has 218 valence electrons. The summed E-state index contributed by atoms with van der Waals surface area (Å²) in [5, 5.41) is 0. The number of unbranched alkanes of at least 4 members (excludes halogenated alkanes) is 10. The second-order valence-corrected chi connectivity index (χ2v) is 9.17. The Morgan fingerprint density at radius 1 is 0.447 bits per heavy atom. The lowest BCUT2D eigenvalue weighted by atomic mass is 10.1. The van der Waals surface area contributed by atoms with Crippen LogP contribution in [0.3, 0.4) is 0 Å². The molecule has 0 radical (unpaired) electrons. The van der Waals surface area contributed by atoms with Crippen molar-refractivity contribution in [2.75, 3.05) is 0 Å². The summed E-state index contributed by atoms with van der Waals surface area (Å²) in [6.45, 7) is 6.83. The number of pyridine rings is 2. The first kappa shape index (κ1) is 35.9. The van der Waals surface area contributed by atoms with Crippen LogP contribution >= 0.6 is 0 Å². The second kappa shape index (κ2) is 20.8. The molecule has 0 aliphatic rings. The number of rotatable bonds is 15. The molecule has 38 heavy (non-hydrogen) atoms. The van der Waals surface area contributed by atoms with Crippen molar-refractivity contribution in [3.63, 3.8) is 0 Å². The summed E-state index contributed by atoms with van der Waals surface area (Å²) in [6.07, 6.45) is 25.2. The first-order valence-electron chi connectivity index (χ1n) is 13.6. The topological polar surface area (TPSA) is 7.76 Å². The molecule has 2 aromatic rings. The molecule has 12 heteroatoms. The largest absolute Gasteiger partial charge is 0.673 e. The first-order chi connectivity index (χ1) is 17.8. The van der Waals surface area contributed by atoms with Crippen LogP contribution in [0.1, 0.15) is 90.9 Å². The Kier molecular flexibility index (Phi) is 19.6. The van der Waals surface area contributed by atoms with Crippen molar-refractivity contribution < 1.29 is 43.7 Å². The molecule has 2 nitrogen and oxygen atoms in total. The Labute approximate surface area is 222 Å². The zero-order chi connectivity index (χ0) is 28.9. The third kappa shape index (κ3) is 25.5. The zero-order valence-corrected chi connectivity index (χ0v) is 22.6. The third-order valence-corrected chi connectivity index (χ3v) is 5.66. The van der Waals surface area contributed by atoms with Crippen LogP contribution in [0.2, 0.25) is 0 Å². The summed E-state index contributed by atoms with van der Waals surface area (Å²) in [7, 11) is -12.0. The highest BCUT2D eigenvalue weighted by molar-refractivity contribution is 6.50. The summed E-state index contributed by atoms with van der Waals surface area (Å²) in [5.74, 6) is 0. The van der Waals surface area contributed by atoms with Crippen molar-refractivity contribution in [2.24, 2.45) is 0 Å². The molecule has 0 bridgehead atoms. The predicted octanol–water partition coefficient (Wildman–Crippen LogP) is 9.25. The molecule has 0 unspecified atom stereocenters. The highest BCUT2D eigenvalue weighted by atomic mass is 19.5. The maximum atomic E-state index is 9.75. The minimum atomic E-state index is -6.00. The minimum Gasteiger partial charge on any atom is -0.418 e. The van der Waals surface area contributed by atoms with Crippen LogP contribution in [0.15, 0.2) is 49.1 Å². The molecule has 0 atom stereocenters. The maximum absolute atomic E-state index is 9.75. The van der Waals surface area contributed by atoms with Gasteiger partial charge in [-0.25, -0.2) is 9.13 Å². The average Bonchev–Trinajstić information content (AvgIpc) is 2.82. The normalized spacial score (nSPS) is 11.3. The molecule has 0 fully saturated rings. The molecular weight excluding hydrogens is 514 g/mol. The van der Waals surface area contributed by atoms with Crippen LogP contribution in [0, 0.1) is 0 Å². The van der Waals surface area contributed by atoms with Gasteiger partial charge in [0.25, 0.3) is 0 Å². The van der Waals surface area contributed by atoms with Gasteiger partial charge < -0.3 is 34.5 Å². The van der Waals surface area contributed by atoms with Crippen molar-refractivity contribution in [3.8, 4) is 11.1 Å². The van der Waals surface area contributed by atoms with Gasteiger partial charge in [-0.15, -0.1) is 0 Å². The van der Waals surface area contributed by atoms with Crippen molar-refractivity contribution in [2.45, 2.75) is 104 Å². The van der Waals surface area contributed by atoms with Gasteiger partial charge in [-0.3, -0.25) is 0 Å². The molecule has 2 aromatic heterocycles. The fraction of sp³-hybridized carbons (Fsp3) is 0.615. The Morgan fingerprint density at radius 3 is 0.947 bits per heavy atom. The Hall–Kier alpha value is -2.13. The summed E-state index contributed by atoms with van der Waals surface area (Å²) in [6, 6.07) is 9.02. The van der Waals surface area contributed by atoms with Crippen molar-refractivity contribution in [1.82, 2.24) is 0 Å². The Morgan fingerprint density at radius 2 is 0.684 bits per heavy atom. The zero-order valence-electron chi connectivity index (χ0n) is 22.6. The van der Waals surface area contributed by atoms with Gasteiger partial charge in [-0.2, -0.15) is 0 Å². The molecule has 2 rings (SSSR count). The van der Waals surface area contributed by atoms with Gasteiger partial charge in [-0.05, 0) is 24.0 Å². The molecule has 0 saturated carbocycles. The van der Waals surface area contributed by atoms with Crippen molar-refractivity contribution >= 4 is 14.5 Å². The molecule has 0 aromatic carbocycles. The number of aromatic nitrogens is 2. The van der Waals surface area contributed by atoms with Gasteiger partial charge in [0.2, 0.25) is 0 Å². The van der Waals surface area contributed by atoms with Gasteiger partial charge in [0.1, 0.15) is 13.1 Å². The van der Waals surface area contributed by atoms with E-state index in [1.807, 2.05) is 0 Å². The van der Waals surface area contributed by atoms with E-state index in [0.29, 0.717) is 0 Å². The van der Waals surface area contributed by atoms with E-state index in [0.717, 1.165) is 13.1 Å². The molecule has 2 heterocycles. The highest BCUT2D eigenvalue weighted by Gasteiger charge is 2.21. The van der Waals surface area contributed by atoms with Gasteiger partial charge >= 0.3 is 14.5 Å². The molecular formula is C26H42B2F8N2. The van der Waals surface area contributed by atoms with E-state index in [2.05, 4.69) is 72.0 Å². The van der Waals surface area contributed by atoms with Gasteiger partial charge in [0.15, 0.2) is 24.8 Å². The maximum Gasteiger partial charge on any atom is 0.673 e. The number of hydrogen-bond acceptors (Lipinski definition) is 0. The van der Waals surface area contributed by atoms with E-state index in [1.54, 1.807) is 0 Å². The van der Waals surface area contributed by atoms with E-state index in [1.165, 1.54) is 88.2 Å². The van der Waals surface area contributed by atoms with Gasteiger partial charge in [0, 0.05) is 37.1 Å². The average molecular weight is 556 g/mol. The van der Waals surface area contributed by atoms with Crippen LogP contribution in [0.4, 0.5) is 34.5 Å². The number of hydrogen-bond donors (Lipinski definition) is 0. The van der Waals surface area contributed by atoms with Crippen molar-refractivity contribution in [1.29, 1.82) is 0 Å². The highest BCUT2D eigenvalue weighted by Crippen LogP contribution is 2.16. The second-order valence-electron chi connectivity index (χ2n) is 9.17. The predicted molar refractivity (Wildman–Crippen MR) is 139 cm³/mol. The number of halogens is 8. The minimum absolute atomic E-state index is 1.14. The molecule has 0 spiro atoms. The summed E-state index contributed by atoms with van der Waals surface area (Å²) < 4.78 is 82.6. The van der Waals surface area contributed by atoms with Crippen molar-refractivity contribution in [3.05, 3.63) is 49.1 Å². The standard InChI is InChI=1S/C26H42N2.2BF4/c1-3-5-7-9-11-13-19-27-21-15-25(16-22-27)26-17-23-28(24-18-26)20-14-12-10-8-6-4-2;2*2-1(3,4)5/h15-18,21-24H,3-14,19-20H2,1-2H3;;/q+2;2*-1. The smallest absolute Gasteiger partial charge is 0.418 e. The molecule has 0 aliphatic carbocycles. The van der Waals surface area contributed by atoms with E-state index >= 15 is 0 Å². The van der Waals surface area contributed by atoms with Crippen LogP contribution in [-0.4, -0.2) is 14.5 Å². The van der Waals surface area contributed by atoms with Gasteiger partial charge in [0.05, 0.1) is 0 Å². The molecule has 0 aliphatic heterocycles. The van der Waals surface area contributed by atoms with Crippen LogP contribution < -0.4 is 9.13 Å². The lowest BCUT2D eigenvalue weighted by Gasteiger charge is -2.02. The van der Waals surface area contributed by atoms with E-state index in [9.17, 15) is 34.5 Å². The van der Waals surface area contributed by atoms with Crippen LogP contribution in [0.5, 0.6) is 0 Å². The lowest BCUT2D eigenvalue weighted by molar-refractivity contribution is -0.697. The molecule has 0 amide bonds. The summed E-state index contributed by atoms with van der Waals surface area (Å²) in [4.78, 5) is 0. The van der Waals surface area contributed by atoms with E-state index in [-0.39, 0.29) is 0 Å². The van der Waals surface area contributed by atoms with E-state index < -0.39 is 14.5 Å². The fourth-order valence-electron chi connectivity index (χ4n) is 3.75. The SMILES string of the molecule is CCCCCCCC[n+]1ccc(-c2cc[n+](CCCCCCCC)cc2)cc1.F[B-](F)(F)F.F[B-](F)(F)F. The molecule has 0 N–H and O–H groups in total. The number of nitrogens with zero attached hydrogens (tertiary/aromatic N) is 2. The first-order valence-corrected chi connectivity index (χ1v) is 13.6. The Bertz CT molecular complexity index is 732. The lowest BCUT2D eigenvalue weighted by Crippen LogP contribution is -2.33. The molecule has 0 saturated heterocycles. The summed E-state index contributed by atoms with van der Waals surface area (Å²) >= 11 is 0. The van der Waals surface area contributed by atoms with E-state index in [4.69, 9.17) is 0 Å². The van der Waals surface area contributed by atoms with Crippen LogP contribution in [0.25, 0.3) is 11.1 Å². The van der Waals surface area contributed by atoms with Crippen LogP contribution in [-0.2, 0) is 13.1 Å².